The van der Waals surface area contributed by atoms with Gasteiger partial charge in [0.15, 0.2) is 0 Å². The number of carbonyl (C=O) groups excluding carboxylic acids is 2. The van der Waals surface area contributed by atoms with E-state index in [1.54, 1.807) is 19.9 Å². The molecule has 19 heavy (non-hydrogen) atoms. The molecular weight excluding hydrogens is 242 g/mol. The SMILES string of the molecule is CNc1ccc(C(=O)NC(C)(C)CC(N)=O)cc1C. The Morgan fingerprint density at radius 2 is 1.95 bits per heavy atom. The third kappa shape index (κ3) is 4.28. The largest absolute Gasteiger partial charge is 0.388 e. The Morgan fingerprint density at radius 3 is 2.42 bits per heavy atom. The molecule has 0 saturated carbocycles. The lowest BCUT2D eigenvalue weighted by molar-refractivity contribution is -0.119. The predicted molar refractivity (Wildman–Crippen MR) is 76.1 cm³/mol. The van der Waals surface area contributed by atoms with Crippen LogP contribution in [0.5, 0.6) is 0 Å². The summed E-state index contributed by atoms with van der Waals surface area (Å²) in [6.07, 6.45) is 0.103. The van der Waals surface area contributed by atoms with Crippen LogP contribution in [-0.4, -0.2) is 24.4 Å². The monoisotopic (exact) mass is 263 g/mol. The number of nitrogens with two attached hydrogens (primary N) is 1. The van der Waals surface area contributed by atoms with E-state index in [0.29, 0.717) is 5.56 Å². The fraction of sp³-hybridized carbons (Fsp3) is 0.429. The lowest BCUT2D eigenvalue weighted by Crippen LogP contribution is -2.46. The summed E-state index contributed by atoms with van der Waals surface area (Å²) in [4.78, 5) is 23.0. The highest BCUT2D eigenvalue weighted by Gasteiger charge is 2.23. The zero-order valence-electron chi connectivity index (χ0n) is 11.8. The number of carbonyl (C=O) groups is 2. The van der Waals surface area contributed by atoms with Gasteiger partial charge < -0.3 is 16.4 Å². The molecule has 0 aliphatic carbocycles. The molecular formula is C14H21N3O2. The fourth-order valence-corrected chi connectivity index (χ4v) is 1.94. The first-order valence-electron chi connectivity index (χ1n) is 6.14. The van der Waals surface area contributed by atoms with Crippen molar-refractivity contribution in [3.8, 4) is 0 Å². The van der Waals surface area contributed by atoms with Crippen molar-refractivity contribution < 1.29 is 9.59 Å². The third-order valence-electron chi connectivity index (χ3n) is 2.83. The van der Waals surface area contributed by atoms with E-state index >= 15 is 0 Å². The molecule has 0 atom stereocenters. The minimum Gasteiger partial charge on any atom is -0.388 e. The number of hydrogen-bond donors (Lipinski definition) is 3. The number of primary amides is 1. The van der Waals surface area contributed by atoms with Crippen molar-refractivity contribution >= 4 is 17.5 Å². The van der Waals surface area contributed by atoms with Crippen LogP contribution >= 0.6 is 0 Å². The van der Waals surface area contributed by atoms with Gasteiger partial charge in [0.1, 0.15) is 0 Å². The minimum absolute atomic E-state index is 0.103. The normalized spacial score (nSPS) is 10.9. The first kappa shape index (κ1) is 15.0. The van der Waals surface area contributed by atoms with Crippen LogP contribution in [0.3, 0.4) is 0 Å². The Bertz CT molecular complexity index is 495. The number of nitrogens with one attached hydrogen (secondary N) is 2. The second-order valence-electron chi connectivity index (χ2n) is 5.26. The van der Waals surface area contributed by atoms with E-state index < -0.39 is 11.4 Å². The molecule has 1 aromatic rings. The summed E-state index contributed by atoms with van der Waals surface area (Å²) in [6.45, 7) is 5.46. The maximum Gasteiger partial charge on any atom is 0.251 e. The van der Waals surface area contributed by atoms with Gasteiger partial charge in [-0.05, 0) is 44.5 Å². The van der Waals surface area contributed by atoms with Gasteiger partial charge in [0.05, 0.1) is 0 Å². The van der Waals surface area contributed by atoms with Crippen molar-refractivity contribution in [3.05, 3.63) is 29.3 Å². The molecule has 0 aromatic heterocycles. The maximum absolute atomic E-state index is 12.1. The highest BCUT2D eigenvalue weighted by atomic mass is 16.2. The van der Waals surface area contributed by atoms with Crippen LogP contribution in [-0.2, 0) is 4.79 Å². The maximum atomic E-state index is 12.1. The summed E-state index contributed by atoms with van der Waals surface area (Å²) in [7, 11) is 1.83. The van der Waals surface area contributed by atoms with Crippen LogP contribution in [0.2, 0.25) is 0 Å². The van der Waals surface area contributed by atoms with Crippen LogP contribution in [0.25, 0.3) is 0 Å². The summed E-state index contributed by atoms with van der Waals surface area (Å²) >= 11 is 0. The van der Waals surface area contributed by atoms with Gasteiger partial charge >= 0.3 is 0 Å². The Labute approximate surface area is 113 Å². The third-order valence-corrected chi connectivity index (χ3v) is 2.83. The van der Waals surface area contributed by atoms with Gasteiger partial charge in [-0.2, -0.15) is 0 Å². The molecule has 0 fully saturated rings. The average Bonchev–Trinajstić information content (AvgIpc) is 2.26. The fourth-order valence-electron chi connectivity index (χ4n) is 1.94. The van der Waals surface area contributed by atoms with Crippen molar-refractivity contribution in [1.82, 2.24) is 5.32 Å². The van der Waals surface area contributed by atoms with Gasteiger partial charge in [-0.1, -0.05) is 0 Å². The van der Waals surface area contributed by atoms with Crippen molar-refractivity contribution in [2.24, 2.45) is 5.73 Å². The van der Waals surface area contributed by atoms with Gasteiger partial charge in [0, 0.05) is 30.3 Å². The molecule has 0 aliphatic heterocycles. The van der Waals surface area contributed by atoms with E-state index in [1.165, 1.54) is 0 Å². The highest BCUT2D eigenvalue weighted by molar-refractivity contribution is 5.95. The van der Waals surface area contributed by atoms with Gasteiger partial charge in [-0.3, -0.25) is 9.59 Å². The molecule has 0 bridgehead atoms. The molecule has 5 heteroatoms. The van der Waals surface area contributed by atoms with E-state index in [0.717, 1.165) is 11.3 Å². The lowest BCUT2D eigenvalue weighted by Gasteiger charge is -2.25. The van der Waals surface area contributed by atoms with Gasteiger partial charge in [0.25, 0.3) is 5.91 Å². The topological polar surface area (TPSA) is 84.2 Å². The van der Waals surface area contributed by atoms with Crippen molar-refractivity contribution in [2.45, 2.75) is 32.7 Å². The van der Waals surface area contributed by atoms with E-state index in [1.807, 2.05) is 26.1 Å². The zero-order chi connectivity index (χ0) is 14.6. The van der Waals surface area contributed by atoms with Crippen LogP contribution in [0.15, 0.2) is 18.2 Å². The minimum atomic E-state index is -0.654. The molecule has 1 aromatic carbocycles. The molecule has 0 unspecified atom stereocenters. The van der Waals surface area contributed by atoms with E-state index in [-0.39, 0.29) is 12.3 Å². The first-order chi connectivity index (χ1) is 8.75. The molecule has 1 rings (SSSR count). The standard InChI is InChI=1S/C14H21N3O2/c1-9-7-10(5-6-11(9)16-4)13(19)17-14(2,3)8-12(15)18/h5-7,16H,8H2,1-4H3,(H2,15,18)(H,17,19). The molecule has 0 spiro atoms. The Kier molecular flexibility index (Phi) is 4.53. The van der Waals surface area contributed by atoms with Crippen molar-refractivity contribution in [2.75, 3.05) is 12.4 Å². The van der Waals surface area contributed by atoms with Crippen LogP contribution in [0, 0.1) is 6.92 Å². The first-order valence-corrected chi connectivity index (χ1v) is 6.14. The zero-order valence-corrected chi connectivity index (χ0v) is 11.8. The molecule has 0 heterocycles. The summed E-state index contributed by atoms with van der Waals surface area (Å²) in [5.41, 5.74) is 7.03. The summed E-state index contributed by atoms with van der Waals surface area (Å²) in [5, 5.41) is 5.85. The van der Waals surface area contributed by atoms with Crippen LogP contribution in [0.4, 0.5) is 5.69 Å². The summed E-state index contributed by atoms with van der Waals surface area (Å²) in [5.74, 6) is -0.649. The number of hydrogen-bond acceptors (Lipinski definition) is 3. The molecule has 104 valence electrons. The predicted octanol–water partition coefficient (Wildman–Crippen LogP) is 1.42. The molecule has 2 amide bonds. The van der Waals surface area contributed by atoms with E-state index in [4.69, 9.17) is 5.73 Å². The summed E-state index contributed by atoms with van der Waals surface area (Å²) < 4.78 is 0. The quantitative estimate of drug-likeness (QED) is 0.751. The number of amides is 2. The number of anilines is 1. The molecule has 0 radical (unpaired) electrons. The van der Waals surface area contributed by atoms with Crippen molar-refractivity contribution in [3.63, 3.8) is 0 Å². The molecule has 0 aliphatic rings. The van der Waals surface area contributed by atoms with Crippen LogP contribution < -0.4 is 16.4 Å². The average molecular weight is 263 g/mol. The van der Waals surface area contributed by atoms with Gasteiger partial charge in [-0.25, -0.2) is 0 Å². The molecule has 4 N–H and O–H groups in total. The molecule has 0 saturated heterocycles. The van der Waals surface area contributed by atoms with Crippen molar-refractivity contribution in [1.29, 1.82) is 0 Å². The molecule has 5 nitrogen and oxygen atoms in total. The second-order valence-corrected chi connectivity index (χ2v) is 5.26. The Morgan fingerprint density at radius 1 is 1.32 bits per heavy atom. The van der Waals surface area contributed by atoms with Crippen LogP contribution in [0.1, 0.15) is 36.2 Å². The highest BCUT2D eigenvalue weighted by Crippen LogP contribution is 2.17. The Balaban J connectivity index is 2.84. The lowest BCUT2D eigenvalue weighted by atomic mass is 9.99. The van der Waals surface area contributed by atoms with Gasteiger partial charge in [-0.15, -0.1) is 0 Å². The number of benzene rings is 1. The Hall–Kier alpha value is -2.04. The van der Waals surface area contributed by atoms with E-state index in [2.05, 4.69) is 10.6 Å². The second kappa shape index (κ2) is 5.73. The van der Waals surface area contributed by atoms with Gasteiger partial charge in [0.2, 0.25) is 5.91 Å². The summed E-state index contributed by atoms with van der Waals surface area (Å²) in [6, 6.07) is 5.40. The number of aryl methyl sites for hydroxylation is 1. The number of rotatable bonds is 5. The smallest absolute Gasteiger partial charge is 0.251 e. The van der Waals surface area contributed by atoms with E-state index in [9.17, 15) is 9.59 Å².